The van der Waals surface area contributed by atoms with Crippen LogP contribution in [0.4, 0.5) is 0 Å². The second kappa shape index (κ2) is 10.7. The van der Waals surface area contributed by atoms with Gasteiger partial charge in [0.25, 0.3) is 0 Å². The first-order valence-corrected chi connectivity index (χ1v) is 8.41. The Morgan fingerprint density at radius 2 is 1.24 bits per heavy atom. The van der Waals surface area contributed by atoms with Gasteiger partial charge >= 0.3 is 8.80 Å². The summed E-state index contributed by atoms with van der Waals surface area (Å²) in [6, 6.07) is 0.850. The Morgan fingerprint density at radius 3 is 1.41 bits per heavy atom. The molecule has 1 aliphatic rings. The van der Waals surface area contributed by atoms with Gasteiger partial charge in [0.15, 0.2) is 0 Å². The van der Waals surface area contributed by atoms with E-state index < -0.39 is 8.80 Å². The molecule has 0 saturated carbocycles. The Kier molecular flexibility index (Phi) is 10.4. The lowest BCUT2D eigenvalue weighted by molar-refractivity contribution is 0.0725. The maximum Gasteiger partial charge on any atom is 0.500 e. The van der Waals surface area contributed by atoms with Crippen molar-refractivity contribution in [2.75, 3.05) is 19.8 Å². The number of allylic oxidation sites excluding steroid dienone is 4. The molecule has 100 valence electrons. The average molecular weight is 258 g/mol. The van der Waals surface area contributed by atoms with E-state index in [2.05, 4.69) is 24.3 Å². The fraction of sp³-hybridized carbons (Fsp3) is 0.692. The summed E-state index contributed by atoms with van der Waals surface area (Å²) in [5.74, 6) is 0. The summed E-state index contributed by atoms with van der Waals surface area (Å²) in [6.07, 6.45) is 9.50. The first-order chi connectivity index (χ1) is 8.24. The lowest BCUT2D eigenvalue weighted by Crippen LogP contribution is -2.45. The van der Waals surface area contributed by atoms with Crippen LogP contribution in [0.15, 0.2) is 24.3 Å². The van der Waals surface area contributed by atoms with Crippen molar-refractivity contribution >= 4 is 8.80 Å². The molecule has 17 heavy (non-hydrogen) atoms. The highest BCUT2D eigenvalue weighted by Crippen LogP contribution is 2.14. The Hall–Kier alpha value is -0.423. The van der Waals surface area contributed by atoms with E-state index in [1.807, 2.05) is 27.7 Å². The maximum atomic E-state index is 5.55. The van der Waals surface area contributed by atoms with Crippen molar-refractivity contribution in [3.05, 3.63) is 24.3 Å². The second-order valence-electron chi connectivity index (χ2n) is 3.43. The predicted octanol–water partition coefficient (Wildman–Crippen LogP) is 3.56. The Morgan fingerprint density at radius 1 is 0.824 bits per heavy atom. The van der Waals surface area contributed by atoms with E-state index in [0.29, 0.717) is 19.8 Å². The summed E-state index contributed by atoms with van der Waals surface area (Å²) in [7, 11) is -2.27. The van der Waals surface area contributed by atoms with Crippen LogP contribution >= 0.6 is 0 Å². The molecule has 0 amide bonds. The van der Waals surface area contributed by atoms with Gasteiger partial charge in [0, 0.05) is 25.9 Å². The largest absolute Gasteiger partial charge is 0.500 e. The fourth-order valence-electron chi connectivity index (χ4n) is 1.48. The van der Waals surface area contributed by atoms with E-state index in [1.54, 1.807) is 0 Å². The molecule has 0 spiro atoms. The Balaban J connectivity index is 0.000000419. The highest BCUT2D eigenvalue weighted by Gasteiger charge is 2.37. The monoisotopic (exact) mass is 258 g/mol. The molecule has 1 aliphatic carbocycles. The molecule has 0 radical (unpaired) electrons. The first-order valence-electron chi connectivity index (χ1n) is 6.48. The van der Waals surface area contributed by atoms with Crippen LogP contribution in [0.5, 0.6) is 0 Å². The summed E-state index contributed by atoms with van der Waals surface area (Å²) in [5, 5.41) is 0. The van der Waals surface area contributed by atoms with E-state index in [4.69, 9.17) is 13.3 Å². The molecule has 0 fully saturated rings. The van der Waals surface area contributed by atoms with Crippen molar-refractivity contribution in [2.24, 2.45) is 0 Å². The third-order valence-electron chi connectivity index (χ3n) is 2.18. The molecule has 0 heterocycles. The van der Waals surface area contributed by atoms with E-state index in [1.165, 1.54) is 0 Å². The minimum atomic E-state index is -2.27. The van der Waals surface area contributed by atoms with E-state index in [-0.39, 0.29) is 0 Å². The molecular weight excluding hydrogens is 232 g/mol. The quantitative estimate of drug-likeness (QED) is 0.654. The molecule has 0 aromatic rings. The van der Waals surface area contributed by atoms with Gasteiger partial charge in [-0.05, 0) is 27.2 Å². The SMILES string of the molecule is C1=CCC=C1.CCO[Si](CC)(OCC)OCC. The lowest BCUT2D eigenvalue weighted by Gasteiger charge is -2.26. The van der Waals surface area contributed by atoms with E-state index in [9.17, 15) is 0 Å². The zero-order valence-corrected chi connectivity index (χ0v) is 12.6. The predicted molar refractivity (Wildman–Crippen MR) is 74.0 cm³/mol. The van der Waals surface area contributed by atoms with Crippen LogP contribution in [0.2, 0.25) is 6.04 Å². The molecule has 4 heteroatoms. The van der Waals surface area contributed by atoms with Crippen LogP contribution in [0.1, 0.15) is 34.1 Å². The third-order valence-corrected chi connectivity index (χ3v) is 5.23. The highest BCUT2D eigenvalue weighted by atomic mass is 28.4. The van der Waals surface area contributed by atoms with Crippen molar-refractivity contribution < 1.29 is 13.3 Å². The van der Waals surface area contributed by atoms with Gasteiger partial charge in [-0.3, -0.25) is 0 Å². The zero-order chi connectivity index (χ0) is 13.0. The van der Waals surface area contributed by atoms with Crippen LogP contribution in [0, 0.1) is 0 Å². The van der Waals surface area contributed by atoms with Gasteiger partial charge in [0.1, 0.15) is 0 Å². The van der Waals surface area contributed by atoms with Crippen LogP contribution < -0.4 is 0 Å². The van der Waals surface area contributed by atoms with Gasteiger partial charge in [-0.2, -0.15) is 0 Å². The molecule has 1 rings (SSSR count). The summed E-state index contributed by atoms with van der Waals surface area (Å²) >= 11 is 0. The number of hydrogen-bond acceptors (Lipinski definition) is 3. The van der Waals surface area contributed by atoms with Crippen LogP contribution in [0.25, 0.3) is 0 Å². The van der Waals surface area contributed by atoms with Gasteiger partial charge in [-0.15, -0.1) is 0 Å². The van der Waals surface area contributed by atoms with Crippen molar-refractivity contribution in [3.63, 3.8) is 0 Å². The molecule has 0 N–H and O–H groups in total. The van der Waals surface area contributed by atoms with Gasteiger partial charge < -0.3 is 13.3 Å². The molecule has 0 unspecified atom stereocenters. The molecule has 0 aromatic carbocycles. The molecule has 0 saturated heterocycles. The minimum absolute atomic E-state index is 0.667. The maximum absolute atomic E-state index is 5.55. The van der Waals surface area contributed by atoms with Crippen molar-refractivity contribution in [3.8, 4) is 0 Å². The Bertz CT molecular complexity index is 200. The van der Waals surface area contributed by atoms with Gasteiger partial charge in [-0.1, -0.05) is 31.2 Å². The standard InChI is InChI=1S/C8H20O3Si.C5H6/c1-5-9-12(8-4,10-6-2)11-7-3;1-2-4-5-3-1/h5-8H2,1-4H3;1-4H,5H2. The van der Waals surface area contributed by atoms with Crippen LogP contribution in [-0.2, 0) is 13.3 Å². The molecular formula is C13H26O3Si. The smallest absolute Gasteiger partial charge is 0.374 e. The lowest BCUT2D eigenvalue weighted by atomic mass is 10.5. The number of hydrogen-bond donors (Lipinski definition) is 0. The zero-order valence-electron chi connectivity index (χ0n) is 11.6. The third kappa shape index (κ3) is 7.49. The second-order valence-corrected chi connectivity index (χ2v) is 6.37. The first kappa shape index (κ1) is 16.6. The normalized spacial score (nSPS) is 13.6. The van der Waals surface area contributed by atoms with Gasteiger partial charge in [-0.25, -0.2) is 0 Å². The van der Waals surface area contributed by atoms with Crippen molar-refractivity contribution in [2.45, 2.75) is 40.2 Å². The van der Waals surface area contributed by atoms with Crippen molar-refractivity contribution in [1.29, 1.82) is 0 Å². The van der Waals surface area contributed by atoms with Crippen LogP contribution in [0.3, 0.4) is 0 Å². The summed E-state index contributed by atoms with van der Waals surface area (Å²) < 4.78 is 16.7. The highest BCUT2D eigenvalue weighted by molar-refractivity contribution is 6.60. The Labute approximate surface area is 107 Å². The van der Waals surface area contributed by atoms with E-state index >= 15 is 0 Å². The fourth-order valence-corrected chi connectivity index (χ4v) is 3.67. The molecule has 0 aliphatic heterocycles. The minimum Gasteiger partial charge on any atom is -0.374 e. The van der Waals surface area contributed by atoms with Crippen molar-refractivity contribution in [1.82, 2.24) is 0 Å². The molecule has 0 aromatic heterocycles. The molecule has 3 nitrogen and oxygen atoms in total. The summed E-state index contributed by atoms with van der Waals surface area (Å²) in [5.41, 5.74) is 0. The molecule has 0 bridgehead atoms. The topological polar surface area (TPSA) is 27.7 Å². The van der Waals surface area contributed by atoms with E-state index in [0.717, 1.165) is 12.5 Å². The number of rotatable bonds is 7. The van der Waals surface area contributed by atoms with Crippen LogP contribution in [-0.4, -0.2) is 28.6 Å². The molecule has 0 atom stereocenters. The van der Waals surface area contributed by atoms with Gasteiger partial charge in [0.2, 0.25) is 0 Å². The summed E-state index contributed by atoms with van der Waals surface area (Å²) in [4.78, 5) is 0. The van der Waals surface area contributed by atoms with Gasteiger partial charge in [0.05, 0.1) is 0 Å². The summed E-state index contributed by atoms with van der Waals surface area (Å²) in [6.45, 7) is 9.95. The average Bonchev–Trinajstić information content (AvgIpc) is 2.88.